The molecule has 2 saturated heterocycles. The van der Waals surface area contributed by atoms with Crippen LogP contribution in [0.25, 0.3) is 0 Å². The lowest BCUT2D eigenvalue weighted by Crippen LogP contribution is -2.57. The molecular weight excluding hydrogens is 474 g/mol. The minimum absolute atomic E-state index is 0.0814. The fourth-order valence-electron chi connectivity index (χ4n) is 3.75. The van der Waals surface area contributed by atoms with Crippen LogP contribution < -0.4 is 16.1 Å². The van der Waals surface area contributed by atoms with Gasteiger partial charge < -0.3 is 25.0 Å². The minimum atomic E-state index is -1.06. The third-order valence-electron chi connectivity index (χ3n) is 5.49. The van der Waals surface area contributed by atoms with Gasteiger partial charge in [0.1, 0.15) is 17.7 Å². The van der Waals surface area contributed by atoms with Crippen LogP contribution in [-0.4, -0.2) is 84.0 Å². The SMILES string of the molecule is CC(C)C[C@H](NC(=O)OC(C)(C)C)C(=O)NC(C(=O)C(=O)N/N=C1\SCCN1C)C1CCOCC1. The van der Waals surface area contributed by atoms with Crippen LogP contribution in [0.4, 0.5) is 4.79 Å². The first kappa shape index (κ1) is 28.9. The summed E-state index contributed by atoms with van der Waals surface area (Å²) in [6.07, 6.45) is 0.652. The molecule has 3 N–H and O–H groups in total. The Morgan fingerprint density at radius 2 is 1.83 bits per heavy atom. The number of nitrogens with one attached hydrogen (secondary N) is 3. The third kappa shape index (κ3) is 9.67. The number of carbonyl (C=O) groups excluding carboxylic acids is 4. The van der Waals surface area contributed by atoms with Gasteiger partial charge in [-0.05, 0) is 51.9 Å². The van der Waals surface area contributed by atoms with Crippen LogP contribution in [0.2, 0.25) is 0 Å². The van der Waals surface area contributed by atoms with Crippen molar-refractivity contribution >= 4 is 40.6 Å². The van der Waals surface area contributed by atoms with E-state index in [9.17, 15) is 19.2 Å². The molecule has 12 heteroatoms. The summed E-state index contributed by atoms with van der Waals surface area (Å²) < 4.78 is 10.7. The predicted molar refractivity (Wildman–Crippen MR) is 134 cm³/mol. The van der Waals surface area contributed by atoms with Crippen molar-refractivity contribution in [3.63, 3.8) is 0 Å². The second-order valence-corrected chi connectivity index (χ2v) is 11.3. The molecule has 2 atom stereocenters. The summed E-state index contributed by atoms with van der Waals surface area (Å²) in [6, 6.07) is -1.98. The van der Waals surface area contributed by atoms with Gasteiger partial charge in [-0.25, -0.2) is 10.2 Å². The number of Topliss-reactive ketones (excluding diaryl/α,β-unsaturated/α-hetero) is 1. The molecule has 0 spiro atoms. The van der Waals surface area contributed by atoms with Crippen molar-refractivity contribution in [2.75, 3.05) is 32.6 Å². The number of amidine groups is 1. The second kappa shape index (κ2) is 13.1. The zero-order valence-electron chi connectivity index (χ0n) is 21.5. The highest BCUT2D eigenvalue weighted by Crippen LogP contribution is 2.21. The minimum Gasteiger partial charge on any atom is -0.444 e. The van der Waals surface area contributed by atoms with E-state index in [0.29, 0.717) is 37.6 Å². The maximum Gasteiger partial charge on any atom is 0.408 e. The number of hydrogen-bond acceptors (Lipinski definition) is 8. The molecule has 0 aromatic rings. The highest BCUT2D eigenvalue weighted by molar-refractivity contribution is 8.14. The first-order valence-electron chi connectivity index (χ1n) is 12.0. The molecule has 1 unspecified atom stereocenters. The van der Waals surface area contributed by atoms with Gasteiger partial charge in [-0.2, -0.15) is 0 Å². The van der Waals surface area contributed by atoms with E-state index >= 15 is 0 Å². The number of ether oxygens (including phenoxy) is 2. The van der Waals surface area contributed by atoms with Crippen molar-refractivity contribution in [2.24, 2.45) is 16.9 Å². The summed E-state index contributed by atoms with van der Waals surface area (Å²) >= 11 is 1.48. The average molecular weight is 514 g/mol. The summed E-state index contributed by atoms with van der Waals surface area (Å²) in [7, 11) is 1.85. The Labute approximate surface area is 211 Å². The molecule has 0 radical (unpaired) electrons. The zero-order valence-corrected chi connectivity index (χ0v) is 22.3. The van der Waals surface area contributed by atoms with E-state index in [0.717, 1.165) is 12.3 Å². The highest BCUT2D eigenvalue weighted by Gasteiger charge is 2.37. The molecule has 2 aliphatic rings. The molecule has 0 aliphatic carbocycles. The van der Waals surface area contributed by atoms with E-state index in [2.05, 4.69) is 21.2 Å². The van der Waals surface area contributed by atoms with Crippen molar-refractivity contribution < 1.29 is 28.7 Å². The van der Waals surface area contributed by atoms with Crippen molar-refractivity contribution in [2.45, 2.75) is 71.6 Å². The van der Waals surface area contributed by atoms with Gasteiger partial charge >= 0.3 is 12.0 Å². The van der Waals surface area contributed by atoms with Crippen LogP contribution >= 0.6 is 11.8 Å². The molecule has 11 nitrogen and oxygen atoms in total. The number of ketones is 1. The van der Waals surface area contributed by atoms with Crippen LogP contribution in [0.15, 0.2) is 5.10 Å². The maximum absolute atomic E-state index is 13.2. The van der Waals surface area contributed by atoms with Gasteiger partial charge in [0.2, 0.25) is 11.7 Å². The highest BCUT2D eigenvalue weighted by atomic mass is 32.2. The second-order valence-electron chi connectivity index (χ2n) is 10.2. The van der Waals surface area contributed by atoms with Crippen LogP contribution in [0, 0.1) is 11.8 Å². The molecule has 0 aromatic carbocycles. The van der Waals surface area contributed by atoms with Gasteiger partial charge in [0, 0.05) is 32.6 Å². The van der Waals surface area contributed by atoms with Gasteiger partial charge in [-0.3, -0.25) is 14.4 Å². The van der Waals surface area contributed by atoms with Crippen molar-refractivity contribution in [1.29, 1.82) is 0 Å². The number of hydrazone groups is 1. The number of rotatable bonds is 9. The lowest BCUT2D eigenvalue weighted by atomic mass is 9.88. The molecule has 0 saturated carbocycles. The molecule has 35 heavy (non-hydrogen) atoms. The van der Waals surface area contributed by atoms with Crippen LogP contribution in [0.5, 0.6) is 0 Å². The van der Waals surface area contributed by atoms with E-state index in [4.69, 9.17) is 9.47 Å². The number of amides is 3. The van der Waals surface area contributed by atoms with Gasteiger partial charge in [-0.1, -0.05) is 25.6 Å². The van der Waals surface area contributed by atoms with Gasteiger partial charge in [-0.15, -0.1) is 5.10 Å². The Morgan fingerprint density at radius 3 is 2.37 bits per heavy atom. The molecular formula is C23H39N5O6S. The third-order valence-corrected chi connectivity index (χ3v) is 6.54. The molecule has 0 aromatic heterocycles. The standard InChI is InChI=1S/C23H39N5O6S/c1-14(2)13-16(24-22(32)34-23(3,4)5)19(30)25-17(15-7-10-33-11-8-15)18(29)20(31)26-27-21-28(6)9-12-35-21/h14-17H,7-13H2,1-6H3,(H,24,32)(H,25,30)(H,26,31)/b27-21-/t16-,17?/m0/s1. The van der Waals surface area contributed by atoms with Crippen molar-refractivity contribution in [3.05, 3.63) is 0 Å². The Kier molecular flexibility index (Phi) is 10.8. The molecule has 3 amide bonds. The van der Waals surface area contributed by atoms with Crippen LogP contribution in [0.3, 0.4) is 0 Å². The lowest BCUT2D eigenvalue weighted by molar-refractivity contribution is -0.142. The Bertz CT molecular complexity index is 807. The van der Waals surface area contributed by atoms with Crippen LogP contribution in [0.1, 0.15) is 53.9 Å². The average Bonchev–Trinajstić information content (AvgIpc) is 3.18. The molecule has 2 fully saturated rings. The van der Waals surface area contributed by atoms with Gasteiger partial charge in [0.15, 0.2) is 5.17 Å². The van der Waals surface area contributed by atoms with Gasteiger partial charge in [0.05, 0.1) is 0 Å². The number of thioether (sulfide) groups is 1. The Morgan fingerprint density at radius 1 is 1.17 bits per heavy atom. The number of carbonyl (C=O) groups is 4. The zero-order chi connectivity index (χ0) is 26.2. The summed E-state index contributed by atoms with van der Waals surface area (Å²) in [5, 5.41) is 10.0. The summed E-state index contributed by atoms with van der Waals surface area (Å²) in [5.41, 5.74) is 1.60. The maximum atomic E-state index is 13.2. The number of hydrogen-bond donors (Lipinski definition) is 3. The summed E-state index contributed by atoms with van der Waals surface area (Å²) in [5.74, 6) is -1.56. The Hall–Kier alpha value is -2.34. The number of nitrogens with zero attached hydrogens (tertiary/aromatic N) is 2. The fraction of sp³-hybridized carbons (Fsp3) is 0.783. The van der Waals surface area contributed by atoms with E-state index in [1.54, 1.807) is 20.8 Å². The van der Waals surface area contributed by atoms with E-state index in [1.807, 2.05) is 25.8 Å². The molecule has 198 valence electrons. The summed E-state index contributed by atoms with van der Waals surface area (Å²) in [6.45, 7) is 10.7. The number of alkyl carbamates (subject to hydrolysis) is 1. The molecule has 2 heterocycles. The van der Waals surface area contributed by atoms with Gasteiger partial charge in [0.25, 0.3) is 0 Å². The topological polar surface area (TPSA) is 138 Å². The first-order chi connectivity index (χ1) is 16.4. The molecule has 2 rings (SSSR count). The smallest absolute Gasteiger partial charge is 0.408 e. The van der Waals surface area contributed by atoms with E-state index in [1.165, 1.54) is 11.8 Å². The van der Waals surface area contributed by atoms with Crippen LogP contribution in [-0.2, 0) is 23.9 Å². The molecule has 2 aliphatic heterocycles. The monoisotopic (exact) mass is 513 g/mol. The van der Waals surface area contributed by atoms with E-state index < -0.39 is 41.4 Å². The van der Waals surface area contributed by atoms with Crippen molar-refractivity contribution in [1.82, 2.24) is 21.0 Å². The lowest BCUT2D eigenvalue weighted by Gasteiger charge is -2.31. The van der Waals surface area contributed by atoms with E-state index in [-0.39, 0.29) is 11.8 Å². The normalized spacial score (nSPS) is 19.9. The van der Waals surface area contributed by atoms with Crippen molar-refractivity contribution in [3.8, 4) is 0 Å². The fourth-order valence-corrected chi connectivity index (χ4v) is 4.72. The largest absolute Gasteiger partial charge is 0.444 e. The quantitative estimate of drug-likeness (QED) is 0.311. The summed E-state index contributed by atoms with van der Waals surface area (Å²) in [4.78, 5) is 53.3. The first-order valence-corrected chi connectivity index (χ1v) is 13.0. The Balaban J connectivity index is 2.15. The predicted octanol–water partition coefficient (Wildman–Crippen LogP) is 1.47. The molecule has 0 bridgehead atoms.